The van der Waals surface area contributed by atoms with Crippen LogP contribution < -0.4 is 10.5 Å². The molecule has 1 aromatic heterocycles. The minimum absolute atomic E-state index is 0.117. The van der Waals surface area contributed by atoms with Gasteiger partial charge in [0.2, 0.25) is 0 Å². The van der Waals surface area contributed by atoms with Crippen molar-refractivity contribution in [3.63, 3.8) is 0 Å². The highest BCUT2D eigenvalue weighted by Crippen LogP contribution is 2.24. The van der Waals surface area contributed by atoms with Crippen LogP contribution >= 0.6 is 15.9 Å². The Hall–Kier alpha value is -1.39. The Labute approximate surface area is 128 Å². The van der Waals surface area contributed by atoms with Crippen LogP contribution in [-0.4, -0.2) is 17.6 Å². The molecule has 0 saturated heterocycles. The van der Waals surface area contributed by atoms with E-state index >= 15 is 0 Å². The molecule has 0 fully saturated rings. The van der Waals surface area contributed by atoms with E-state index in [0.717, 1.165) is 28.6 Å². The summed E-state index contributed by atoms with van der Waals surface area (Å²) in [5.74, 6) is 0.916. The van der Waals surface area contributed by atoms with Crippen LogP contribution in [0.1, 0.15) is 18.1 Å². The number of halogens is 1. The fourth-order valence-electron chi connectivity index (χ4n) is 2.02. The molecule has 3 nitrogen and oxygen atoms in total. The smallest absolute Gasteiger partial charge is 0.122 e. The molecule has 20 heavy (non-hydrogen) atoms. The van der Waals surface area contributed by atoms with E-state index in [0.29, 0.717) is 6.61 Å². The minimum atomic E-state index is 0.117. The van der Waals surface area contributed by atoms with Crippen molar-refractivity contribution in [2.45, 2.75) is 25.8 Å². The summed E-state index contributed by atoms with van der Waals surface area (Å²) in [6.07, 6.45) is 5.28. The number of aromatic nitrogens is 1. The first kappa shape index (κ1) is 15.0. The largest absolute Gasteiger partial charge is 0.493 e. The van der Waals surface area contributed by atoms with E-state index in [4.69, 9.17) is 10.5 Å². The second-order valence-electron chi connectivity index (χ2n) is 4.89. The first-order chi connectivity index (χ1) is 9.65. The number of benzene rings is 1. The summed E-state index contributed by atoms with van der Waals surface area (Å²) in [6.45, 7) is 2.65. The summed E-state index contributed by atoms with van der Waals surface area (Å²) in [5, 5.41) is 0. The van der Waals surface area contributed by atoms with Crippen LogP contribution in [0, 0.1) is 0 Å². The zero-order valence-electron chi connectivity index (χ0n) is 11.6. The van der Waals surface area contributed by atoms with Crippen molar-refractivity contribution in [1.29, 1.82) is 0 Å². The van der Waals surface area contributed by atoms with Gasteiger partial charge in [-0.25, -0.2) is 0 Å². The van der Waals surface area contributed by atoms with E-state index in [1.54, 1.807) is 12.4 Å². The molecule has 1 heterocycles. The quantitative estimate of drug-likeness (QED) is 0.881. The molecule has 4 heteroatoms. The fraction of sp³-hybridized carbons (Fsp3) is 0.312. The van der Waals surface area contributed by atoms with Gasteiger partial charge < -0.3 is 10.5 Å². The van der Waals surface area contributed by atoms with Crippen LogP contribution in [0.15, 0.2) is 47.2 Å². The molecule has 0 spiro atoms. The highest BCUT2D eigenvalue weighted by molar-refractivity contribution is 9.10. The van der Waals surface area contributed by atoms with Gasteiger partial charge in [0.15, 0.2) is 0 Å². The molecule has 1 unspecified atom stereocenters. The van der Waals surface area contributed by atoms with Gasteiger partial charge in [-0.2, -0.15) is 0 Å². The topological polar surface area (TPSA) is 48.1 Å². The molecule has 0 aliphatic heterocycles. The molecule has 0 aliphatic rings. The molecule has 2 N–H and O–H groups in total. The van der Waals surface area contributed by atoms with Crippen LogP contribution in [0.2, 0.25) is 0 Å². The molecule has 2 aromatic rings. The van der Waals surface area contributed by atoms with Gasteiger partial charge in [-0.05, 0) is 54.8 Å². The van der Waals surface area contributed by atoms with E-state index in [-0.39, 0.29) is 6.04 Å². The van der Waals surface area contributed by atoms with Gasteiger partial charge in [0.05, 0.1) is 6.61 Å². The number of pyridine rings is 1. The Morgan fingerprint density at radius 1 is 1.25 bits per heavy atom. The first-order valence-corrected chi connectivity index (χ1v) is 7.50. The van der Waals surface area contributed by atoms with Gasteiger partial charge in [-0.15, -0.1) is 0 Å². The van der Waals surface area contributed by atoms with Gasteiger partial charge in [-0.3, -0.25) is 4.98 Å². The summed E-state index contributed by atoms with van der Waals surface area (Å²) in [7, 11) is 0. The molecule has 0 aliphatic carbocycles. The average Bonchev–Trinajstić information content (AvgIpc) is 2.42. The zero-order chi connectivity index (χ0) is 14.4. The minimum Gasteiger partial charge on any atom is -0.493 e. The van der Waals surface area contributed by atoms with Gasteiger partial charge in [0.25, 0.3) is 0 Å². The number of rotatable bonds is 6. The van der Waals surface area contributed by atoms with Gasteiger partial charge in [0.1, 0.15) is 5.75 Å². The monoisotopic (exact) mass is 334 g/mol. The number of ether oxygens (including phenoxy) is 1. The van der Waals surface area contributed by atoms with Gasteiger partial charge >= 0.3 is 0 Å². The molecule has 0 amide bonds. The number of nitrogens with zero attached hydrogens (tertiary/aromatic N) is 1. The van der Waals surface area contributed by atoms with Crippen molar-refractivity contribution in [1.82, 2.24) is 4.98 Å². The Kier molecular flexibility index (Phi) is 5.56. The van der Waals surface area contributed by atoms with Crippen LogP contribution in [0.4, 0.5) is 0 Å². The molecule has 1 aromatic carbocycles. The normalized spacial score (nSPS) is 12.2. The number of hydrogen-bond donors (Lipinski definition) is 1. The Balaban J connectivity index is 1.98. The van der Waals surface area contributed by atoms with Crippen molar-refractivity contribution in [2.75, 3.05) is 6.61 Å². The maximum atomic E-state index is 5.90. The van der Waals surface area contributed by atoms with E-state index < -0.39 is 0 Å². The second-order valence-corrected chi connectivity index (χ2v) is 5.80. The van der Waals surface area contributed by atoms with Crippen molar-refractivity contribution < 1.29 is 4.74 Å². The first-order valence-electron chi connectivity index (χ1n) is 6.71. The number of hydrogen-bond acceptors (Lipinski definition) is 3. The molecule has 0 bridgehead atoms. The number of nitrogens with two attached hydrogens (primary N) is 1. The third-order valence-corrected chi connectivity index (χ3v) is 3.46. The lowest BCUT2D eigenvalue weighted by atomic mass is 10.1. The lowest BCUT2D eigenvalue weighted by Gasteiger charge is -2.13. The van der Waals surface area contributed by atoms with Crippen molar-refractivity contribution in [3.05, 3.63) is 58.3 Å². The van der Waals surface area contributed by atoms with E-state index in [9.17, 15) is 0 Å². The predicted molar refractivity (Wildman–Crippen MR) is 84.9 cm³/mol. The van der Waals surface area contributed by atoms with Crippen LogP contribution in [-0.2, 0) is 12.8 Å². The van der Waals surface area contributed by atoms with Crippen LogP contribution in [0.5, 0.6) is 5.75 Å². The van der Waals surface area contributed by atoms with Crippen LogP contribution in [0.25, 0.3) is 0 Å². The Bertz CT molecular complexity index is 543. The molecule has 0 radical (unpaired) electrons. The molecule has 1 atom stereocenters. The maximum Gasteiger partial charge on any atom is 0.122 e. The highest BCUT2D eigenvalue weighted by atomic mass is 79.9. The van der Waals surface area contributed by atoms with Gasteiger partial charge in [0, 0.05) is 29.3 Å². The zero-order valence-corrected chi connectivity index (χ0v) is 13.1. The van der Waals surface area contributed by atoms with E-state index in [2.05, 4.69) is 27.0 Å². The highest BCUT2D eigenvalue weighted by Gasteiger charge is 2.07. The predicted octanol–water partition coefficient (Wildman–Crippen LogP) is 3.36. The van der Waals surface area contributed by atoms with Crippen LogP contribution in [0.3, 0.4) is 0 Å². The lowest BCUT2D eigenvalue weighted by molar-refractivity contribution is 0.318. The molecular formula is C16H19BrN2O. The van der Waals surface area contributed by atoms with E-state index in [1.807, 2.05) is 31.2 Å². The van der Waals surface area contributed by atoms with Crippen molar-refractivity contribution in [3.8, 4) is 5.75 Å². The maximum absolute atomic E-state index is 5.90. The van der Waals surface area contributed by atoms with Gasteiger partial charge in [-0.1, -0.05) is 15.9 Å². The standard InChI is InChI=1S/C16H19BrN2O/c1-12(18)10-14-11-15(17)2-3-16(14)20-9-6-13-4-7-19-8-5-13/h2-5,7-8,11-12H,6,9-10,18H2,1H3. The molecule has 106 valence electrons. The van der Waals surface area contributed by atoms with Crippen molar-refractivity contribution in [2.24, 2.45) is 5.73 Å². The Morgan fingerprint density at radius 3 is 2.70 bits per heavy atom. The fourth-order valence-corrected chi connectivity index (χ4v) is 2.43. The average molecular weight is 335 g/mol. The summed E-state index contributed by atoms with van der Waals surface area (Å²) < 4.78 is 6.95. The lowest BCUT2D eigenvalue weighted by Crippen LogP contribution is -2.18. The third-order valence-electron chi connectivity index (χ3n) is 2.96. The third kappa shape index (κ3) is 4.62. The molecular weight excluding hydrogens is 316 g/mol. The summed E-state index contributed by atoms with van der Waals surface area (Å²) in [6, 6.07) is 10.2. The summed E-state index contributed by atoms with van der Waals surface area (Å²) in [4.78, 5) is 4.01. The Morgan fingerprint density at radius 2 is 2.00 bits per heavy atom. The molecule has 2 rings (SSSR count). The van der Waals surface area contributed by atoms with Crippen molar-refractivity contribution >= 4 is 15.9 Å². The molecule has 0 saturated carbocycles. The summed E-state index contributed by atoms with van der Waals surface area (Å²) in [5.41, 5.74) is 8.26. The van der Waals surface area contributed by atoms with E-state index in [1.165, 1.54) is 5.56 Å². The SMILES string of the molecule is CC(N)Cc1cc(Br)ccc1OCCc1ccncc1. The summed E-state index contributed by atoms with van der Waals surface area (Å²) >= 11 is 3.49. The second kappa shape index (κ2) is 7.41.